The van der Waals surface area contributed by atoms with Crippen LogP contribution in [0.25, 0.3) is 0 Å². The summed E-state index contributed by atoms with van der Waals surface area (Å²) in [5.74, 6) is 3.89. The summed E-state index contributed by atoms with van der Waals surface area (Å²) in [6, 6.07) is 2.05. The van der Waals surface area contributed by atoms with E-state index in [1.807, 2.05) is 37.4 Å². The Morgan fingerprint density at radius 1 is 0.639 bits per heavy atom. The van der Waals surface area contributed by atoms with Gasteiger partial charge in [-0.15, -0.1) is 0 Å². The Bertz CT molecular complexity index is 510. The van der Waals surface area contributed by atoms with Gasteiger partial charge in [-0.3, -0.25) is 9.59 Å². The Morgan fingerprint density at radius 2 is 0.917 bits per heavy atom. The molecule has 2 N–H and O–H groups in total. The molecule has 216 valence electrons. The van der Waals surface area contributed by atoms with Crippen molar-refractivity contribution in [3.8, 4) is 0 Å². The third-order valence-corrected chi connectivity index (χ3v) is 13.3. The van der Waals surface area contributed by atoms with Crippen molar-refractivity contribution in [2.24, 2.45) is 0 Å². The molecule has 0 aromatic heterocycles. The first-order valence-electron chi connectivity index (χ1n) is 12.0. The van der Waals surface area contributed by atoms with Gasteiger partial charge in [0.1, 0.15) is 0 Å². The van der Waals surface area contributed by atoms with Crippen molar-refractivity contribution in [3.63, 3.8) is 0 Å². The Balaban J connectivity index is 0. The van der Waals surface area contributed by atoms with Gasteiger partial charge in [0, 0.05) is 92.2 Å². The smallest absolute Gasteiger partial charge is 0.377 e. The predicted molar refractivity (Wildman–Crippen MR) is 154 cm³/mol. The third kappa shape index (κ3) is 19.0. The molecule has 0 aliphatic rings. The fourth-order valence-corrected chi connectivity index (χ4v) is 9.05. The topological polar surface area (TPSA) is 114 Å². The lowest BCUT2D eigenvalue weighted by Gasteiger charge is -2.24. The number of hydrogen-bond acceptors (Lipinski definition) is 10. The molecule has 0 saturated carbocycles. The molecule has 0 saturated heterocycles. The number of carbonyl (C=O) groups excluding carboxylic acids is 2. The van der Waals surface area contributed by atoms with Crippen LogP contribution in [0.2, 0.25) is 12.1 Å². The molecule has 0 rings (SSSR count). The quantitative estimate of drug-likeness (QED) is 0.162. The van der Waals surface area contributed by atoms with Gasteiger partial charge in [0.2, 0.25) is 11.8 Å². The van der Waals surface area contributed by atoms with Gasteiger partial charge in [0.25, 0.3) is 0 Å². The molecule has 0 heterocycles. The zero-order chi connectivity index (χ0) is 28.0. The molecule has 0 aromatic rings. The van der Waals surface area contributed by atoms with Crippen molar-refractivity contribution in [2.75, 3.05) is 65.7 Å². The van der Waals surface area contributed by atoms with E-state index in [9.17, 15) is 9.59 Å². The minimum atomic E-state index is -2.40. The zero-order valence-electron chi connectivity index (χ0n) is 23.9. The number of thioether (sulfide) groups is 2. The minimum absolute atomic E-state index is 0.0210. The maximum atomic E-state index is 10.8. The van der Waals surface area contributed by atoms with E-state index in [1.165, 1.54) is 13.8 Å². The third-order valence-electron chi connectivity index (χ3n) is 5.04. The fraction of sp³-hybridized carbons (Fsp3) is 0.909. The van der Waals surface area contributed by atoms with Gasteiger partial charge in [0.15, 0.2) is 0 Å². The molecule has 14 heteroatoms. The van der Waals surface area contributed by atoms with E-state index in [0.29, 0.717) is 0 Å². The van der Waals surface area contributed by atoms with Crippen LogP contribution >= 0.6 is 23.5 Å². The molecule has 0 spiro atoms. The number of hydrogen-bond donors (Lipinski definition) is 2. The van der Waals surface area contributed by atoms with Gasteiger partial charge >= 0.3 is 17.6 Å². The van der Waals surface area contributed by atoms with Gasteiger partial charge in [-0.1, -0.05) is 0 Å². The molecule has 2 unspecified atom stereocenters. The molecule has 0 aliphatic heterocycles. The lowest BCUT2D eigenvalue weighted by molar-refractivity contribution is -0.120. The molecule has 0 aliphatic carbocycles. The van der Waals surface area contributed by atoms with Crippen LogP contribution in [0.5, 0.6) is 0 Å². The normalized spacial score (nSPS) is 13.4. The average molecular weight is 591 g/mol. The maximum absolute atomic E-state index is 10.8. The predicted octanol–water partition coefficient (Wildman–Crippen LogP) is 3.02. The maximum Gasteiger partial charge on any atom is 0.500 e. The van der Waals surface area contributed by atoms with Crippen LogP contribution in [0.4, 0.5) is 0 Å². The van der Waals surface area contributed by atoms with Crippen LogP contribution in [0.15, 0.2) is 0 Å². The summed E-state index contributed by atoms with van der Waals surface area (Å²) in [6.45, 7) is 7.09. The van der Waals surface area contributed by atoms with Gasteiger partial charge in [-0.05, 0) is 38.2 Å². The first-order chi connectivity index (χ1) is 17.0. The lowest BCUT2D eigenvalue weighted by atomic mass is 10.4. The van der Waals surface area contributed by atoms with Crippen molar-refractivity contribution < 1.29 is 36.1 Å². The molecule has 0 fully saturated rings. The van der Waals surface area contributed by atoms with Gasteiger partial charge < -0.3 is 37.2 Å². The van der Waals surface area contributed by atoms with E-state index in [4.69, 9.17) is 26.6 Å². The SMILES string of the molecule is CO[Si](CCCSCC(C)NC(C)=O)(OC)OC.CO[Si](CCCSCC(C)NC(C)=O)(OC)OC. The van der Waals surface area contributed by atoms with Crippen molar-refractivity contribution in [1.82, 2.24) is 10.6 Å². The number of amides is 2. The summed E-state index contributed by atoms with van der Waals surface area (Å²) in [6.07, 6.45) is 1.97. The van der Waals surface area contributed by atoms with Crippen LogP contribution < -0.4 is 10.6 Å². The first kappa shape index (κ1) is 38.0. The molecule has 0 aromatic carbocycles. The largest absolute Gasteiger partial charge is 0.500 e. The summed E-state index contributed by atoms with van der Waals surface area (Å²) in [7, 11) is 4.97. The van der Waals surface area contributed by atoms with E-state index in [1.54, 1.807) is 42.7 Å². The molecule has 36 heavy (non-hydrogen) atoms. The van der Waals surface area contributed by atoms with Crippen molar-refractivity contribution >= 4 is 52.9 Å². The minimum Gasteiger partial charge on any atom is -0.377 e. The van der Waals surface area contributed by atoms with Gasteiger partial charge in [-0.25, -0.2) is 0 Å². The second-order valence-electron chi connectivity index (χ2n) is 8.15. The Labute approximate surface area is 229 Å². The van der Waals surface area contributed by atoms with Crippen LogP contribution in [0, 0.1) is 0 Å². The Kier molecular flexibility index (Phi) is 24.0. The van der Waals surface area contributed by atoms with Crippen molar-refractivity contribution in [2.45, 2.75) is 64.7 Å². The molecular weight excluding hydrogens is 541 g/mol. The average Bonchev–Trinajstić information content (AvgIpc) is 2.84. The fourth-order valence-electron chi connectivity index (χ4n) is 3.19. The number of rotatable bonds is 20. The Morgan fingerprint density at radius 3 is 1.14 bits per heavy atom. The first-order valence-corrected chi connectivity index (χ1v) is 18.2. The zero-order valence-corrected chi connectivity index (χ0v) is 27.5. The lowest BCUT2D eigenvalue weighted by Crippen LogP contribution is -2.42. The van der Waals surface area contributed by atoms with E-state index >= 15 is 0 Å². The van der Waals surface area contributed by atoms with Crippen LogP contribution in [0.3, 0.4) is 0 Å². The highest BCUT2D eigenvalue weighted by molar-refractivity contribution is 7.99. The van der Waals surface area contributed by atoms with Crippen molar-refractivity contribution in [1.29, 1.82) is 0 Å². The molecule has 0 radical (unpaired) electrons. The second-order valence-corrected chi connectivity index (χ2v) is 16.6. The standard InChI is InChI=1S/2C11H25NO4SSi/c2*1-10(12-11(2)13)9-17-7-6-8-18(14-3,15-4)16-5/h2*10H,6-9H2,1-5H3,(H,12,13). The van der Waals surface area contributed by atoms with E-state index in [0.717, 1.165) is 47.9 Å². The summed E-state index contributed by atoms with van der Waals surface area (Å²) >= 11 is 3.63. The van der Waals surface area contributed by atoms with E-state index < -0.39 is 17.6 Å². The highest BCUT2D eigenvalue weighted by Gasteiger charge is 2.37. The van der Waals surface area contributed by atoms with Gasteiger partial charge in [0.05, 0.1) is 0 Å². The summed E-state index contributed by atoms with van der Waals surface area (Å²) in [4.78, 5) is 21.7. The summed E-state index contributed by atoms with van der Waals surface area (Å²) in [5, 5.41) is 5.72. The molecule has 0 bridgehead atoms. The molecular formula is C22H50N2O8S2Si2. The molecule has 2 atom stereocenters. The van der Waals surface area contributed by atoms with Gasteiger partial charge in [-0.2, -0.15) is 23.5 Å². The molecule has 2 amide bonds. The number of nitrogens with one attached hydrogen (secondary N) is 2. The van der Waals surface area contributed by atoms with E-state index in [-0.39, 0.29) is 23.9 Å². The second kappa shape index (κ2) is 22.8. The Hall–Kier alpha value is -0.166. The van der Waals surface area contributed by atoms with Crippen LogP contribution in [-0.4, -0.2) is 107 Å². The van der Waals surface area contributed by atoms with Crippen LogP contribution in [0.1, 0.15) is 40.5 Å². The number of carbonyl (C=O) groups is 2. The van der Waals surface area contributed by atoms with E-state index in [2.05, 4.69) is 10.6 Å². The highest BCUT2D eigenvalue weighted by Crippen LogP contribution is 2.18. The monoisotopic (exact) mass is 590 g/mol. The summed E-state index contributed by atoms with van der Waals surface area (Å²) in [5.41, 5.74) is 0. The summed E-state index contributed by atoms with van der Waals surface area (Å²) < 4.78 is 32.1. The highest BCUT2D eigenvalue weighted by atomic mass is 32.2. The van der Waals surface area contributed by atoms with Crippen molar-refractivity contribution in [3.05, 3.63) is 0 Å². The van der Waals surface area contributed by atoms with Crippen LogP contribution in [-0.2, 0) is 36.1 Å². The molecule has 10 nitrogen and oxygen atoms in total.